The number of amides is 2. The third kappa shape index (κ3) is 4.48. The molecule has 1 saturated heterocycles. The summed E-state index contributed by atoms with van der Waals surface area (Å²) in [6, 6.07) is 18.6. The molecule has 1 aliphatic heterocycles. The molecule has 2 amide bonds. The zero-order valence-corrected chi connectivity index (χ0v) is 20.8. The van der Waals surface area contributed by atoms with Crippen LogP contribution in [0.25, 0.3) is 5.76 Å². The summed E-state index contributed by atoms with van der Waals surface area (Å²) in [5.74, 6) is -1.45. The Morgan fingerprint density at radius 3 is 2.38 bits per heavy atom. The lowest BCUT2D eigenvalue weighted by molar-refractivity contribution is -0.132. The molecule has 0 spiro atoms. The Labute approximate surface area is 215 Å². The fourth-order valence-corrected chi connectivity index (χ4v) is 5.23. The van der Waals surface area contributed by atoms with Crippen molar-refractivity contribution in [1.29, 1.82) is 0 Å². The summed E-state index contributed by atoms with van der Waals surface area (Å²) in [4.78, 5) is 39.7. The summed E-state index contributed by atoms with van der Waals surface area (Å²) in [7, 11) is 1.52. The summed E-state index contributed by atoms with van der Waals surface area (Å²) in [6.45, 7) is 1.41. The zero-order chi connectivity index (χ0) is 26.1. The number of benzene rings is 3. The molecule has 2 N–H and O–H groups in total. The number of hydrogen-bond donors (Lipinski definition) is 2. The number of anilines is 2. The number of nitrogens with one attached hydrogen (secondary N) is 1. The third-order valence-corrected chi connectivity index (χ3v) is 6.97. The van der Waals surface area contributed by atoms with Gasteiger partial charge in [0.1, 0.15) is 11.5 Å². The molecule has 0 saturated carbocycles. The number of methoxy groups -OCH3 is 1. The molecule has 2 aliphatic rings. The Balaban J connectivity index is 1.67. The first-order chi connectivity index (χ1) is 17.9. The van der Waals surface area contributed by atoms with Crippen LogP contribution in [0.1, 0.15) is 48.1 Å². The standard InChI is InChI=1S/C30H28N2O5/c1-18(33)31-22-13-15-23(16-14-22)32-27(24-9-5-6-10-25(24)37-2)26(29(35)30(32)36)28(34)21-12-11-19-7-3-4-8-20(19)17-21/h5-6,9-17,27,34H,3-4,7-8H2,1-2H3,(H,31,33)/b28-26+. The van der Waals surface area contributed by atoms with E-state index in [2.05, 4.69) is 5.32 Å². The molecule has 188 valence electrons. The van der Waals surface area contributed by atoms with E-state index in [9.17, 15) is 19.5 Å². The molecule has 0 aromatic heterocycles. The Hall–Kier alpha value is -4.39. The van der Waals surface area contributed by atoms with E-state index in [1.807, 2.05) is 18.2 Å². The molecular weight excluding hydrogens is 468 g/mol. The maximum Gasteiger partial charge on any atom is 0.300 e. The van der Waals surface area contributed by atoms with Crippen LogP contribution in [0.4, 0.5) is 11.4 Å². The van der Waals surface area contributed by atoms with Gasteiger partial charge < -0.3 is 15.2 Å². The monoisotopic (exact) mass is 496 g/mol. The molecular formula is C30H28N2O5. The van der Waals surface area contributed by atoms with Crippen LogP contribution in [0.15, 0.2) is 72.3 Å². The van der Waals surface area contributed by atoms with Crippen molar-refractivity contribution in [2.45, 2.75) is 38.6 Å². The van der Waals surface area contributed by atoms with Crippen LogP contribution in [0.2, 0.25) is 0 Å². The van der Waals surface area contributed by atoms with Crippen molar-refractivity contribution >= 4 is 34.7 Å². The largest absolute Gasteiger partial charge is 0.507 e. The number of carbonyl (C=O) groups is 3. The highest BCUT2D eigenvalue weighted by atomic mass is 16.5. The van der Waals surface area contributed by atoms with Crippen LogP contribution in [-0.2, 0) is 27.2 Å². The number of ketones is 1. The Bertz CT molecular complexity index is 1420. The van der Waals surface area contributed by atoms with E-state index in [0.29, 0.717) is 28.3 Å². The summed E-state index contributed by atoms with van der Waals surface area (Å²) in [6.07, 6.45) is 4.13. The van der Waals surface area contributed by atoms with Gasteiger partial charge in [0.2, 0.25) is 5.91 Å². The number of aliphatic hydroxyl groups is 1. The molecule has 7 nitrogen and oxygen atoms in total. The zero-order valence-electron chi connectivity index (χ0n) is 20.8. The first kappa shape index (κ1) is 24.3. The predicted molar refractivity (Wildman–Crippen MR) is 142 cm³/mol. The number of para-hydroxylation sites is 1. The molecule has 0 radical (unpaired) electrons. The van der Waals surface area contributed by atoms with Gasteiger partial charge in [-0.15, -0.1) is 0 Å². The maximum absolute atomic E-state index is 13.5. The number of aliphatic hydroxyl groups excluding tert-OH is 1. The number of ether oxygens (including phenoxy) is 1. The van der Waals surface area contributed by atoms with Crippen LogP contribution in [0.3, 0.4) is 0 Å². The molecule has 1 aliphatic carbocycles. The van der Waals surface area contributed by atoms with Gasteiger partial charge in [-0.3, -0.25) is 19.3 Å². The second-order valence-electron chi connectivity index (χ2n) is 9.33. The predicted octanol–water partition coefficient (Wildman–Crippen LogP) is 5.16. The van der Waals surface area contributed by atoms with Crippen molar-refractivity contribution in [3.8, 4) is 5.75 Å². The summed E-state index contributed by atoms with van der Waals surface area (Å²) >= 11 is 0. The van der Waals surface area contributed by atoms with Gasteiger partial charge in [-0.25, -0.2) is 0 Å². The van der Waals surface area contributed by atoms with E-state index in [1.54, 1.807) is 48.5 Å². The van der Waals surface area contributed by atoms with Gasteiger partial charge in [-0.1, -0.05) is 30.3 Å². The minimum Gasteiger partial charge on any atom is -0.507 e. The second kappa shape index (κ2) is 9.93. The van der Waals surface area contributed by atoms with Crippen molar-refractivity contribution in [3.05, 3.63) is 94.6 Å². The van der Waals surface area contributed by atoms with E-state index in [1.165, 1.54) is 24.5 Å². The average Bonchev–Trinajstić information content (AvgIpc) is 3.18. The summed E-state index contributed by atoms with van der Waals surface area (Å²) in [5, 5.41) is 14.2. The number of Topliss-reactive ketones (excluding diaryl/α,β-unsaturated/α-hetero) is 1. The van der Waals surface area contributed by atoms with Crippen LogP contribution in [0.5, 0.6) is 5.75 Å². The molecule has 1 unspecified atom stereocenters. The summed E-state index contributed by atoms with van der Waals surface area (Å²) in [5.41, 5.74) is 4.54. The number of fused-ring (bicyclic) bond motifs is 1. The lowest BCUT2D eigenvalue weighted by Crippen LogP contribution is -2.29. The highest BCUT2D eigenvalue weighted by Crippen LogP contribution is 2.45. The van der Waals surface area contributed by atoms with Crippen molar-refractivity contribution in [3.63, 3.8) is 0 Å². The van der Waals surface area contributed by atoms with E-state index in [4.69, 9.17) is 4.74 Å². The number of aryl methyl sites for hydroxylation is 2. The lowest BCUT2D eigenvalue weighted by Gasteiger charge is -2.27. The van der Waals surface area contributed by atoms with E-state index in [0.717, 1.165) is 31.2 Å². The van der Waals surface area contributed by atoms with Gasteiger partial charge in [-0.2, -0.15) is 0 Å². The number of nitrogens with zero attached hydrogens (tertiary/aromatic N) is 1. The second-order valence-corrected chi connectivity index (χ2v) is 9.33. The number of hydrogen-bond acceptors (Lipinski definition) is 5. The molecule has 1 heterocycles. The average molecular weight is 497 g/mol. The fourth-order valence-electron chi connectivity index (χ4n) is 5.23. The quantitative estimate of drug-likeness (QED) is 0.289. The molecule has 0 bridgehead atoms. The van der Waals surface area contributed by atoms with Gasteiger partial charge in [0.05, 0.1) is 18.7 Å². The first-order valence-electron chi connectivity index (χ1n) is 12.3. The van der Waals surface area contributed by atoms with Crippen LogP contribution in [0, 0.1) is 0 Å². The minimum absolute atomic E-state index is 0.0104. The number of rotatable bonds is 5. The fraction of sp³-hybridized carbons (Fsp3) is 0.233. The van der Waals surface area contributed by atoms with Crippen LogP contribution < -0.4 is 15.0 Å². The summed E-state index contributed by atoms with van der Waals surface area (Å²) < 4.78 is 5.58. The SMILES string of the molecule is COc1ccccc1C1/C(=C(\O)c2ccc3c(c2)CCCC3)C(=O)C(=O)N1c1ccc(NC(C)=O)cc1. The van der Waals surface area contributed by atoms with E-state index >= 15 is 0 Å². The van der Waals surface area contributed by atoms with Crippen molar-refractivity contribution < 1.29 is 24.2 Å². The number of carbonyl (C=O) groups excluding carboxylic acids is 3. The topological polar surface area (TPSA) is 95.9 Å². The van der Waals surface area contributed by atoms with Crippen molar-refractivity contribution in [2.75, 3.05) is 17.3 Å². The van der Waals surface area contributed by atoms with Gasteiger partial charge in [0.15, 0.2) is 0 Å². The molecule has 5 rings (SSSR count). The van der Waals surface area contributed by atoms with Gasteiger partial charge >= 0.3 is 0 Å². The van der Waals surface area contributed by atoms with Gasteiger partial charge in [0, 0.05) is 29.4 Å². The van der Waals surface area contributed by atoms with Crippen LogP contribution in [-0.4, -0.2) is 29.8 Å². The molecule has 3 aromatic carbocycles. The molecule has 3 aromatic rings. The highest BCUT2D eigenvalue weighted by molar-refractivity contribution is 6.51. The van der Waals surface area contributed by atoms with Gasteiger partial charge in [0.25, 0.3) is 11.7 Å². The smallest absolute Gasteiger partial charge is 0.300 e. The highest BCUT2D eigenvalue weighted by Gasteiger charge is 2.48. The Morgan fingerprint density at radius 1 is 0.973 bits per heavy atom. The van der Waals surface area contributed by atoms with Crippen molar-refractivity contribution in [1.82, 2.24) is 0 Å². The van der Waals surface area contributed by atoms with Crippen LogP contribution >= 0.6 is 0 Å². The molecule has 37 heavy (non-hydrogen) atoms. The normalized spacial score (nSPS) is 18.4. The first-order valence-corrected chi connectivity index (χ1v) is 12.3. The third-order valence-electron chi connectivity index (χ3n) is 6.97. The van der Waals surface area contributed by atoms with E-state index < -0.39 is 17.7 Å². The Morgan fingerprint density at radius 2 is 1.68 bits per heavy atom. The molecule has 7 heteroatoms. The van der Waals surface area contributed by atoms with E-state index in [-0.39, 0.29) is 17.2 Å². The maximum atomic E-state index is 13.5. The molecule has 1 fully saturated rings. The van der Waals surface area contributed by atoms with Gasteiger partial charge in [-0.05, 0) is 73.2 Å². The minimum atomic E-state index is -0.904. The lowest BCUT2D eigenvalue weighted by atomic mass is 9.88. The Kier molecular flexibility index (Phi) is 6.53. The van der Waals surface area contributed by atoms with Crippen molar-refractivity contribution in [2.24, 2.45) is 0 Å². The molecule has 1 atom stereocenters.